The van der Waals surface area contributed by atoms with Crippen LogP contribution in [-0.4, -0.2) is 58.7 Å². The molecule has 1 aromatic carbocycles. The summed E-state index contributed by atoms with van der Waals surface area (Å²) in [6.07, 6.45) is 4.51. The number of sulfonamides is 1. The van der Waals surface area contributed by atoms with Gasteiger partial charge in [0.2, 0.25) is 10.0 Å². The summed E-state index contributed by atoms with van der Waals surface area (Å²) in [4.78, 5) is 14.9. The van der Waals surface area contributed by atoms with Gasteiger partial charge in [-0.15, -0.1) is 0 Å². The highest BCUT2D eigenvalue weighted by Crippen LogP contribution is 2.21. The molecule has 6 nitrogen and oxygen atoms in total. The first-order chi connectivity index (χ1) is 11.8. The molecule has 0 aliphatic carbocycles. The molecule has 25 heavy (non-hydrogen) atoms. The van der Waals surface area contributed by atoms with Crippen molar-refractivity contribution < 1.29 is 13.2 Å². The number of benzene rings is 1. The van der Waals surface area contributed by atoms with E-state index in [-0.39, 0.29) is 5.91 Å². The molecule has 0 spiro atoms. The molecular weight excluding hydrogens is 338 g/mol. The molecule has 1 amide bonds. The summed E-state index contributed by atoms with van der Waals surface area (Å²) >= 11 is 0. The smallest absolute Gasteiger partial charge is 0.253 e. The van der Waals surface area contributed by atoms with Crippen molar-refractivity contribution in [2.24, 2.45) is 5.92 Å². The van der Waals surface area contributed by atoms with Crippen LogP contribution in [0.5, 0.6) is 0 Å². The van der Waals surface area contributed by atoms with E-state index in [1.807, 2.05) is 0 Å². The lowest BCUT2D eigenvalue weighted by Crippen LogP contribution is -2.35. The van der Waals surface area contributed by atoms with E-state index in [4.69, 9.17) is 0 Å². The minimum Gasteiger partial charge on any atom is -0.352 e. The minimum atomic E-state index is -3.41. The number of likely N-dealkylation sites (tertiary alicyclic amines) is 1. The molecule has 1 heterocycles. The fourth-order valence-corrected chi connectivity index (χ4v) is 3.52. The molecule has 140 valence electrons. The maximum absolute atomic E-state index is 12.4. The van der Waals surface area contributed by atoms with Crippen molar-refractivity contribution in [3.05, 3.63) is 29.8 Å². The zero-order valence-electron chi connectivity index (χ0n) is 15.4. The summed E-state index contributed by atoms with van der Waals surface area (Å²) in [6.45, 7) is 6.14. The second-order valence-corrected chi connectivity index (χ2v) is 8.90. The van der Waals surface area contributed by atoms with Gasteiger partial charge in [-0.05, 0) is 56.9 Å². The Hall–Kier alpha value is -1.60. The third-order valence-corrected chi connectivity index (χ3v) is 5.99. The molecule has 1 saturated heterocycles. The summed E-state index contributed by atoms with van der Waals surface area (Å²) in [7, 11) is -1.95. The summed E-state index contributed by atoms with van der Waals surface area (Å²) in [6, 6.07) is 6.76. The van der Waals surface area contributed by atoms with Crippen LogP contribution in [0.3, 0.4) is 0 Å². The first-order valence-corrected chi connectivity index (χ1v) is 10.7. The molecule has 0 unspecified atom stereocenters. The first kappa shape index (κ1) is 19.7. The van der Waals surface area contributed by atoms with Gasteiger partial charge in [-0.25, -0.2) is 8.42 Å². The number of hydrogen-bond donors (Lipinski definition) is 1. The number of para-hydroxylation sites is 1. The maximum Gasteiger partial charge on any atom is 0.253 e. The number of carbonyl (C=O) groups is 1. The van der Waals surface area contributed by atoms with Gasteiger partial charge in [-0.2, -0.15) is 0 Å². The quantitative estimate of drug-likeness (QED) is 0.748. The zero-order chi connectivity index (χ0) is 18.4. The van der Waals surface area contributed by atoms with Crippen LogP contribution < -0.4 is 9.62 Å². The van der Waals surface area contributed by atoms with Crippen LogP contribution in [-0.2, 0) is 10.0 Å². The molecule has 1 aliphatic rings. The average molecular weight is 368 g/mol. The summed E-state index contributed by atoms with van der Waals surface area (Å²) in [5.74, 6) is 0.581. The predicted molar refractivity (Wildman–Crippen MR) is 101 cm³/mol. The zero-order valence-corrected chi connectivity index (χ0v) is 16.2. The van der Waals surface area contributed by atoms with Crippen molar-refractivity contribution in [1.82, 2.24) is 10.2 Å². The molecule has 0 bridgehead atoms. The van der Waals surface area contributed by atoms with E-state index >= 15 is 0 Å². The topological polar surface area (TPSA) is 69.7 Å². The van der Waals surface area contributed by atoms with Crippen LogP contribution in [0.1, 0.15) is 36.5 Å². The summed E-state index contributed by atoms with van der Waals surface area (Å²) < 4.78 is 24.6. The van der Waals surface area contributed by atoms with Crippen molar-refractivity contribution in [3.8, 4) is 0 Å². The van der Waals surface area contributed by atoms with Gasteiger partial charge in [0.1, 0.15) is 0 Å². The lowest BCUT2D eigenvalue weighted by molar-refractivity contribution is 0.0951. The Morgan fingerprint density at radius 1 is 1.28 bits per heavy atom. The predicted octanol–water partition coefficient (Wildman–Crippen LogP) is 1.93. The van der Waals surface area contributed by atoms with Crippen LogP contribution in [0.15, 0.2) is 24.3 Å². The van der Waals surface area contributed by atoms with E-state index in [0.717, 1.165) is 42.5 Å². The van der Waals surface area contributed by atoms with Crippen LogP contribution in [0, 0.1) is 5.92 Å². The molecule has 2 rings (SSSR count). The molecular formula is C18H29N3O3S. The van der Waals surface area contributed by atoms with Crippen molar-refractivity contribution in [1.29, 1.82) is 0 Å². The van der Waals surface area contributed by atoms with Crippen LogP contribution in [0.4, 0.5) is 5.69 Å². The number of nitrogens with zero attached hydrogens (tertiary/aromatic N) is 2. The second kappa shape index (κ2) is 8.67. The molecule has 0 saturated carbocycles. The van der Waals surface area contributed by atoms with Crippen molar-refractivity contribution in [2.75, 3.05) is 43.8 Å². The molecule has 0 radical (unpaired) electrons. The van der Waals surface area contributed by atoms with Gasteiger partial charge in [0.25, 0.3) is 5.91 Å². The Morgan fingerprint density at radius 2 is 1.92 bits per heavy atom. The molecule has 1 fully saturated rings. The number of piperidine rings is 1. The standard InChI is InChI=1S/C18H29N3O3S/c1-15-9-13-21(14-10-15)12-6-11-19-18(22)16-7-4-5-8-17(16)20(2)25(3,23)24/h4-5,7-8,15H,6,9-14H2,1-3H3,(H,19,22). The van der Waals surface area contributed by atoms with Crippen LogP contribution >= 0.6 is 0 Å². The van der Waals surface area contributed by atoms with Gasteiger partial charge in [0, 0.05) is 13.6 Å². The van der Waals surface area contributed by atoms with Gasteiger partial charge < -0.3 is 10.2 Å². The van der Waals surface area contributed by atoms with E-state index in [9.17, 15) is 13.2 Å². The van der Waals surface area contributed by atoms with Crippen molar-refractivity contribution >= 4 is 21.6 Å². The van der Waals surface area contributed by atoms with Gasteiger partial charge in [-0.1, -0.05) is 19.1 Å². The molecule has 1 aliphatic heterocycles. The highest BCUT2D eigenvalue weighted by molar-refractivity contribution is 7.92. The third-order valence-electron chi connectivity index (χ3n) is 4.80. The van der Waals surface area contributed by atoms with Gasteiger partial charge in [-0.3, -0.25) is 9.10 Å². The molecule has 1 N–H and O–H groups in total. The molecule has 1 aromatic rings. The maximum atomic E-state index is 12.4. The fraction of sp³-hybridized carbons (Fsp3) is 0.611. The second-order valence-electron chi connectivity index (χ2n) is 6.88. The van der Waals surface area contributed by atoms with Crippen molar-refractivity contribution in [3.63, 3.8) is 0 Å². The summed E-state index contributed by atoms with van der Waals surface area (Å²) in [5, 5.41) is 2.91. The minimum absolute atomic E-state index is 0.238. The lowest BCUT2D eigenvalue weighted by atomic mass is 9.99. The molecule has 0 aromatic heterocycles. The third kappa shape index (κ3) is 5.71. The van der Waals surface area contributed by atoms with E-state index in [1.165, 1.54) is 19.9 Å². The van der Waals surface area contributed by atoms with Crippen LogP contribution in [0.2, 0.25) is 0 Å². The first-order valence-electron chi connectivity index (χ1n) is 8.82. The lowest BCUT2D eigenvalue weighted by Gasteiger charge is -2.30. The number of carbonyl (C=O) groups excluding carboxylic acids is 1. The van der Waals surface area contributed by atoms with Crippen molar-refractivity contribution in [2.45, 2.75) is 26.2 Å². The number of nitrogens with one attached hydrogen (secondary N) is 1. The van der Waals surface area contributed by atoms with E-state index in [2.05, 4.69) is 17.1 Å². The molecule has 0 atom stereocenters. The van der Waals surface area contributed by atoms with Gasteiger partial charge in [0.05, 0.1) is 17.5 Å². The number of rotatable bonds is 7. The Morgan fingerprint density at radius 3 is 2.56 bits per heavy atom. The van der Waals surface area contributed by atoms with Gasteiger partial charge >= 0.3 is 0 Å². The Kier molecular flexibility index (Phi) is 6.84. The number of hydrogen-bond acceptors (Lipinski definition) is 4. The monoisotopic (exact) mass is 367 g/mol. The SMILES string of the molecule is CC1CCN(CCCNC(=O)c2ccccc2N(C)S(C)(=O)=O)CC1. The highest BCUT2D eigenvalue weighted by atomic mass is 32.2. The fourth-order valence-electron chi connectivity index (χ4n) is 3.00. The van der Waals surface area contributed by atoms with Gasteiger partial charge in [0.15, 0.2) is 0 Å². The summed E-state index contributed by atoms with van der Waals surface area (Å²) in [5.41, 5.74) is 0.773. The average Bonchev–Trinajstić information content (AvgIpc) is 2.58. The Labute approximate surface area is 151 Å². The van der Waals surface area contributed by atoms with E-state index in [1.54, 1.807) is 24.3 Å². The largest absolute Gasteiger partial charge is 0.352 e. The Balaban J connectivity index is 1.87. The number of amides is 1. The number of anilines is 1. The highest BCUT2D eigenvalue weighted by Gasteiger charge is 2.19. The van der Waals surface area contributed by atoms with E-state index in [0.29, 0.717) is 17.8 Å². The van der Waals surface area contributed by atoms with Crippen LogP contribution in [0.25, 0.3) is 0 Å². The Bertz CT molecular complexity index is 683. The van der Waals surface area contributed by atoms with E-state index < -0.39 is 10.0 Å². The molecule has 7 heteroatoms. The normalized spacial score (nSPS) is 16.6.